The zero-order valence-corrected chi connectivity index (χ0v) is 17.5. The number of ether oxygens (including phenoxy) is 2. The Labute approximate surface area is 168 Å². The number of benzene rings is 2. The minimum absolute atomic E-state index is 0.0583. The summed E-state index contributed by atoms with van der Waals surface area (Å²) in [5.41, 5.74) is 0.863. The second kappa shape index (κ2) is 7.96. The number of hydrogen-bond acceptors (Lipinski definition) is 4. The van der Waals surface area contributed by atoms with Crippen LogP contribution in [0.2, 0.25) is 0 Å². The number of carbonyl (C=O) groups is 1. The summed E-state index contributed by atoms with van der Waals surface area (Å²) in [5, 5.41) is 3.68. The van der Waals surface area contributed by atoms with Gasteiger partial charge < -0.3 is 14.8 Å². The first-order valence-corrected chi connectivity index (χ1v) is 9.90. The highest BCUT2D eigenvalue weighted by Gasteiger charge is 2.38. The second-order valence-corrected chi connectivity index (χ2v) is 9.10. The standard InChI is InChI=1S/C24H31NO3/c1-23(2)15-17(16-24(3,4)25-23)14-22(26)18-6-8-20(9-7-18)28-21-12-10-19(27-5)11-13-21/h6-13,17,25H,14-16H2,1-5H3. The highest BCUT2D eigenvalue weighted by Crippen LogP contribution is 2.35. The quantitative estimate of drug-likeness (QED) is 0.660. The Morgan fingerprint density at radius 3 is 1.86 bits per heavy atom. The Morgan fingerprint density at radius 1 is 0.893 bits per heavy atom. The van der Waals surface area contributed by atoms with Crippen LogP contribution in [0.1, 0.15) is 57.3 Å². The number of hydrogen-bond donors (Lipinski definition) is 1. The summed E-state index contributed by atoms with van der Waals surface area (Å²) in [6, 6.07) is 14.9. The van der Waals surface area contributed by atoms with Gasteiger partial charge in [-0.1, -0.05) is 0 Å². The van der Waals surface area contributed by atoms with Crippen LogP contribution in [-0.4, -0.2) is 24.0 Å². The third kappa shape index (κ3) is 5.35. The molecule has 28 heavy (non-hydrogen) atoms. The fraction of sp³-hybridized carbons (Fsp3) is 0.458. The van der Waals surface area contributed by atoms with E-state index in [0.29, 0.717) is 18.1 Å². The molecular weight excluding hydrogens is 350 g/mol. The van der Waals surface area contributed by atoms with Crippen molar-refractivity contribution in [3.8, 4) is 17.2 Å². The summed E-state index contributed by atoms with van der Waals surface area (Å²) in [5.74, 6) is 2.84. The summed E-state index contributed by atoms with van der Waals surface area (Å²) in [7, 11) is 1.64. The Hall–Kier alpha value is -2.33. The predicted octanol–water partition coefficient (Wildman–Crippen LogP) is 5.62. The lowest BCUT2D eigenvalue weighted by Crippen LogP contribution is -2.57. The van der Waals surface area contributed by atoms with E-state index in [1.54, 1.807) is 7.11 Å². The van der Waals surface area contributed by atoms with Crippen molar-refractivity contribution >= 4 is 5.78 Å². The topological polar surface area (TPSA) is 47.6 Å². The van der Waals surface area contributed by atoms with Crippen molar-refractivity contribution in [2.24, 2.45) is 5.92 Å². The zero-order valence-electron chi connectivity index (χ0n) is 17.5. The molecular formula is C24H31NO3. The van der Waals surface area contributed by atoms with Gasteiger partial charge in [-0.25, -0.2) is 0 Å². The molecule has 0 atom stereocenters. The van der Waals surface area contributed by atoms with E-state index in [-0.39, 0.29) is 16.9 Å². The molecule has 2 aromatic rings. The van der Waals surface area contributed by atoms with Crippen molar-refractivity contribution in [1.82, 2.24) is 5.32 Å². The van der Waals surface area contributed by atoms with E-state index in [9.17, 15) is 4.79 Å². The molecule has 1 heterocycles. The Kier molecular flexibility index (Phi) is 5.80. The Balaban J connectivity index is 1.61. The summed E-state index contributed by atoms with van der Waals surface area (Å²) in [6.45, 7) is 8.88. The van der Waals surface area contributed by atoms with Gasteiger partial charge in [0.1, 0.15) is 17.2 Å². The van der Waals surface area contributed by atoms with Crippen LogP contribution in [0.25, 0.3) is 0 Å². The number of ketones is 1. The molecule has 0 bridgehead atoms. The first-order chi connectivity index (χ1) is 13.2. The van der Waals surface area contributed by atoms with Crippen LogP contribution >= 0.6 is 0 Å². The number of rotatable bonds is 6. The van der Waals surface area contributed by atoms with Crippen LogP contribution in [0.4, 0.5) is 0 Å². The number of piperidine rings is 1. The van der Waals surface area contributed by atoms with Gasteiger partial charge in [0.15, 0.2) is 5.78 Å². The molecule has 1 aliphatic rings. The lowest BCUT2D eigenvalue weighted by atomic mass is 9.74. The lowest BCUT2D eigenvalue weighted by Gasteiger charge is -2.46. The van der Waals surface area contributed by atoms with Crippen LogP contribution in [0.3, 0.4) is 0 Å². The van der Waals surface area contributed by atoms with Gasteiger partial charge in [0.25, 0.3) is 0 Å². The molecule has 3 rings (SSSR count). The van der Waals surface area contributed by atoms with Crippen molar-refractivity contribution in [2.45, 2.75) is 58.0 Å². The summed E-state index contributed by atoms with van der Waals surface area (Å²) < 4.78 is 11.0. The van der Waals surface area contributed by atoms with Crippen LogP contribution in [0.15, 0.2) is 48.5 Å². The molecule has 1 aliphatic heterocycles. The van der Waals surface area contributed by atoms with Crippen LogP contribution in [-0.2, 0) is 0 Å². The molecule has 150 valence electrons. The zero-order chi connectivity index (χ0) is 20.4. The molecule has 4 nitrogen and oxygen atoms in total. The third-order valence-electron chi connectivity index (χ3n) is 5.22. The molecule has 1 fully saturated rings. The number of methoxy groups -OCH3 is 1. The Bertz CT molecular complexity index is 791. The van der Waals surface area contributed by atoms with Gasteiger partial charge in [-0.05, 0) is 95.0 Å². The summed E-state index contributed by atoms with van der Waals surface area (Å²) in [6.07, 6.45) is 2.62. The van der Waals surface area contributed by atoms with Crippen LogP contribution < -0.4 is 14.8 Å². The molecule has 1 saturated heterocycles. The molecule has 0 spiro atoms. The summed E-state index contributed by atoms with van der Waals surface area (Å²) in [4.78, 5) is 12.8. The predicted molar refractivity (Wildman–Crippen MR) is 112 cm³/mol. The van der Waals surface area contributed by atoms with Gasteiger partial charge in [-0.3, -0.25) is 4.79 Å². The van der Waals surface area contributed by atoms with E-state index in [4.69, 9.17) is 9.47 Å². The first kappa shape index (κ1) is 20.4. The average Bonchev–Trinajstić information content (AvgIpc) is 2.60. The molecule has 0 saturated carbocycles. The Morgan fingerprint density at radius 2 is 1.36 bits per heavy atom. The van der Waals surface area contributed by atoms with Gasteiger partial charge in [-0.15, -0.1) is 0 Å². The SMILES string of the molecule is COc1ccc(Oc2ccc(C(=O)CC3CC(C)(C)NC(C)(C)C3)cc2)cc1. The van der Waals surface area contributed by atoms with E-state index in [0.717, 1.165) is 29.9 Å². The van der Waals surface area contributed by atoms with Crippen molar-refractivity contribution in [3.05, 3.63) is 54.1 Å². The van der Waals surface area contributed by atoms with Gasteiger partial charge >= 0.3 is 0 Å². The average molecular weight is 382 g/mol. The van der Waals surface area contributed by atoms with Crippen LogP contribution in [0, 0.1) is 5.92 Å². The molecule has 0 radical (unpaired) electrons. The van der Waals surface area contributed by atoms with Gasteiger partial charge in [-0.2, -0.15) is 0 Å². The maximum Gasteiger partial charge on any atom is 0.163 e. The molecule has 1 N–H and O–H groups in total. The van der Waals surface area contributed by atoms with Gasteiger partial charge in [0, 0.05) is 23.1 Å². The number of carbonyl (C=O) groups excluding carboxylic acids is 1. The summed E-state index contributed by atoms with van der Waals surface area (Å²) >= 11 is 0. The monoisotopic (exact) mass is 381 g/mol. The van der Waals surface area contributed by atoms with E-state index in [1.807, 2.05) is 48.5 Å². The van der Waals surface area contributed by atoms with Crippen LogP contribution in [0.5, 0.6) is 17.2 Å². The molecule has 0 unspecified atom stereocenters. The lowest BCUT2D eigenvalue weighted by molar-refractivity contribution is 0.0864. The van der Waals surface area contributed by atoms with E-state index >= 15 is 0 Å². The smallest absolute Gasteiger partial charge is 0.163 e. The molecule has 0 amide bonds. The minimum Gasteiger partial charge on any atom is -0.497 e. The van der Waals surface area contributed by atoms with Crippen molar-refractivity contribution < 1.29 is 14.3 Å². The molecule has 0 aromatic heterocycles. The highest BCUT2D eigenvalue weighted by molar-refractivity contribution is 5.96. The van der Waals surface area contributed by atoms with Gasteiger partial charge in [0.05, 0.1) is 7.11 Å². The molecule has 0 aliphatic carbocycles. The third-order valence-corrected chi connectivity index (χ3v) is 5.22. The normalized spacial score (nSPS) is 18.5. The second-order valence-electron chi connectivity index (χ2n) is 9.10. The largest absolute Gasteiger partial charge is 0.497 e. The van der Waals surface area contributed by atoms with Gasteiger partial charge in [0.2, 0.25) is 0 Å². The number of nitrogens with one attached hydrogen (secondary N) is 1. The molecule has 2 aromatic carbocycles. The van der Waals surface area contributed by atoms with Crippen molar-refractivity contribution in [2.75, 3.05) is 7.11 Å². The highest BCUT2D eigenvalue weighted by atomic mass is 16.5. The maximum absolute atomic E-state index is 12.8. The maximum atomic E-state index is 12.8. The number of Topliss-reactive ketones (excluding diaryl/α,β-unsaturated/α-hetero) is 1. The minimum atomic E-state index is 0.0583. The van der Waals surface area contributed by atoms with E-state index in [2.05, 4.69) is 33.0 Å². The van der Waals surface area contributed by atoms with E-state index < -0.39 is 0 Å². The van der Waals surface area contributed by atoms with Crippen molar-refractivity contribution in [3.63, 3.8) is 0 Å². The fourth-order valence-corrected chi connectivity index (χ4v) is 4.55. The first-order valence-electron chi connectivity index (χ1n) is 9.90. The van der Waals surface area contributed by atoms with Crippen molar-refractivity contribution in [1.29, 1.82) is 0 Å². The fourth-order valence-electron chi connectivity index (χ4n) is 4.55. The van der Waals surface area contributed by atoms with E-state index in [1.165, 1.54) is 0 Å². The molecule has 4 heteroatoms.